The van der Waals surface area contributed by atoms with Gasteiger partial charge in [-0.25, -0.2) is 0 Å². The van der Waals surface area contributed by atoms with E-state index in [9.17, 15) is 4.79 Å². The molecule has 31 heavy (non-hydrogen) atoms. The Morgan fingerprint density at radius 3 is 2.68 bits per heavy atom. The third kappa shape index (κ3) is 4.64. The van der Waals surface area contributed by atoms with Gasteiger partial charge in [0.2, 0.25) is 0 Å². The van der Waals surface area contributed by atoms with Gasteiger partial charge in [0.15, 0.2) is 11.5 Å². The minimum Gasteiger partial charge on any atom is -0.496 e. The van der Waals surface area contributed by atoms with Crippen molar-refractivity contribution in [2.45, 2.75) is 31.7 Å². The van der Waals surface area contributed by atoms with Gasteiger partial charge in [-0.3, -0.25) is 4.79 Å². The van der Waals surface area contributed by atoms with Crippen LogP contribution < -0.4 is 10.1 Å². The van der Waals surface area contributed by atoms with E-state index in [4.69, 9.17) is 9.26 Å². The van der Waals surface area contributed by atoms with Crippen molar-refractivity contribution in [2.75, 3.05) is 27.7 Å². The Kier molecular flexibility index (Phi) is 6.37. The number of hydrogen-bond donors (Lipinski definition) is 1. The van der Waals surface area contributed by atoms with Crippen LogP contribution >= 0.6 is 0 Å². The molecule has 1 aliphatic carbocycles. The van der Waals surface area contributed by atoms with Crippen molar-refractivity contribution in [3.05, 3.63) is 70.9 Å². The molecule has 0 spiro atoms. The van der Waals surface area contributed by atoms with Crippen molar-refractivity contribution in [3.8, 4) is 17.1 Å². The van der Waals surface area contributed by atoms with Crippen LogP contribution in [0.2, 0.25) is 0 Å². The summed E-state index contributed by atoms with van der Waals surface area (Å²) >= 11 is 0. The standard InChI is InChI=1S/C25H29N3O3/c1-28(2)22(20-10-6-7-11-23(20)30-3)16-26-25(29)21-15-24(31-27-21)19-13-12-17-8-4-5-9-18(17)14-19/h6-7,10-15,22H,4-5,8-9,16H2,1-3H3,(H,26,29)/t22-/m0/s1. The van der Waals surface area contributed by atoms with E-state index in [1.54, 1.807) is 13.2 Å². The summed E-state index contributed by atoms with van der Waals surface area (Å²) in [5.41, 5.74) is 5.05. The van der Waals surface area contributed by atoms with E-state index >= 15 is 0 Å². The zero-order valence-electron chi connectivity index (χ0n) is 18.4. The summed E-state index contributed by atoms with van der Waals surface area (Å²) in [4.78, 5) is 14.8. The number of benzene rings is 2. The fraction of sp³-hybridized carbons (Fsp3) is 0.360. The number of nitrogens with one attached hydrogen (secondary N) is 1. The number of aryl methyl sites for hydroxylation is 2. The zero-order chi connectivity index (χ0) is 21.8. The van der Waals surface area contributed by atoms with Crippen LogP contribution in [0.4, 0.5) is 0 Å². The van der Waals surface area contributed by atoms with Crippen molar-refractivity contribution >= 4 is 5.91 Å². The minimum absolute atomic E-state index is 0.0351. The summed E-state index contributed by atoms with van der Waals surface area (Å²) in [6, 6.07) is 15.9. The molecule has 0 unspecified atom stereocenters. The van der Waals surface area contributed by atoms with Crippen molar-refractivity contribution < 1.29 is 14.1 Å². The van der Waals surface area contributed by atoms with E-state index in [0.29, 0.717) is 12.3 Å². The van der Waals surface area contributed by atoms with Gasteiger partial charge in [0.25, 0.3) is 5.91 Å². The number of methoxy groups -OCH3 is 1. The number of nitrogens with zero attached hydrogens (tertiary/aromatic N) is 2. The molecule has 1 atom stereocenters. The molecule has 1 aromatic heterocycles. The topological polar surface area (TPSA) is 67.6 Å². The number of hydrogen-bond acceptors (Lipinski definition) is 5. The fourth-order valence-corrected chi connectivity index (χ4v) is 4.20. The molecule has 1 N–H and O–H groups in total. The van der Waals surface area contributed by atoms with Gasteiger partial charge in [-0.05, 0) is 63.0 Å². The van der Waals surface area contributed by atoms with Gasteiger partial charge in [0.1, 0.15) is 5.75 Å². The molecule has 0 fully saturated rings. The summed E-state index contributed by atoms with van der Waals surface area (Å²) in [5, 5.41) is 6.99. The molecule has 4 rings (SSSR count). The van der Waals surface area contributed by atoms with Crippen LogP contribution in [0.5, 0.6) is 5.75 Å². The first-order valence-corrected chi connectivity index (χ1v) is 10.7. The molecular formula is C25H29N3O3. The van der Waals surface area contributed by atoms with Crippen LogP contribution in [-0.4, -0.2) is 43.7 Å². The number of para-hydroxylation sites is 1. The van der Waals surface area contributed by atoms with Gasteiger partial charge < -0.3 is 19.5 Å². The smallest absolute Gasteiger partial charge is 0.273 e. The molecule has 0 saturated heterocycles. The fourth-order valence-electron chi connectivity index (χ4n) is 4.20. The van der Waals surface area contributed by atoms with Crippen LogP contribution in [0, 0.1) is 0 Å². The highest BCUT2D eigenvalue weighted by molar-refractivity contribution is 5.93. The molecule has 0 aliphatic heterocycles. The Morgan fingerprint density at radius 1 is 1.13 bits per heavy atom. The van der Waals surface area contributed by atoms with Gasteiger partial charge in [0, 0.05) is 23.7 Å². The summed E-state index contributed by atoms with van der Waals surface area (Å²) < 4.78 is 11.0. The third-order valence-electron chi connectivity index (χ3n) is 5.95. The summed E-state index contributed by atoms with van der Waals surface area (Å²) in [5.74, 6) is 1.16. The number of carbonyl (C=O) groups is 1. The van der Waals surface area contributed by atoms with Gasteiger partial charge in [-0.1, -0.05) is 35.5 Å². The lowest BCUT2D eigenvalue weighted by molar-refractivity contribution is 0.0932. The molecule has 6 nitrogen and oxygen atoms in total. The minimum atomic E-state index is -0.255. The first-order valence-electron chi connectivity index (χ1n) is 10.7. The monoisotopic (exact) mass is 419 g/mol. The summed E-state index contributed by atoms with van der Waals surface area (Å²) in [6.07, 6.45) is 4.71. The van der Waals surface area contributed by atoms with E-state index < -0.39 is 0 Å². The van der Waals surface area contributed by atoms with Gasteiger partial charge in [-0.15, -0.1) is 0 Å². The highest BCUT2D eigenvalue weighted by Crippen LogP contribution is 2.29. The number of rotatable bonds is 7. The van der Waals surface area contributed by atoms with Crippen molar-refractivity contribution in [2.24, 2.45) is 0 Å². The number of ether oxygens (including phenoxy) is 1. The van der Waals surface area contributed by atoms with Gasteiger partial charge >= 0.3 is 0 Å². The predicted octanol–water partition coefficient (Wildman–Crippen LogP) is 4.26. The Balaban J connectivity index is 1.46. The molecule has 2 aromatic carbocycles. The normalized spacial score (nSPS) is 14.2. The SMILES string of the molecule is COc1ccccc1[C@H](CNC(=O)c1cc(-c2ccc3c(c2)CCCC3)on1)N(C)C. The van der Waals surface area contributed by atoms with Crippen molar-refractivity contribution in [3.63, 3.8) is 0 Å². The molecule has 1 heterocycles. The van der Waals surface area contributed by atoms with Crippen molar-refractivity contribution in [1.29, 1.82) is 0 Å². The second-order valence-corrected chi connectivity index (χ2v) is 8.20. The lowest BCUT2D eigenvalue weighted by Gasteiger charge is -2.26. The van der Waals surface area contributed by atoms with E-state index in [-0.39, 0.29) is 17.6 Å². The van der Waals surface area contributed by atoms with Crippen LogP contribution in [0.1, 0.15) is 46.1 Å². The first-order chi connectivity index (χ1) is 15.1. The largest absolute Gasteiger partial charge is 0.496 e. The Hall–Kier alpha value is -3.12. The van der Waals surface area contributed by atoms with Crippen LogP contribution in [0.25, 0.3) is 11.3 Å². The average molecular weight is 420 g/mol. The highest BCUT2D eigenvalue weighted by Gasteiger charge is 2.21. The lowest BCUT2D eigenvalue weighted by atomic mass is 9.90. The maximum absolute atomic E-state index is 12.8. The lowest BCUT2D eigenvalue weighted by Crippen LogP contribution is -2.34. The number of carbonyl (C=O) groups excluding carboxylic acids is 1. The molecule has 0 saturated carbocycles. The number of amides is 1. The number of aromatic nitrogens is 1. The molecule has 1 aliphatic rings. The van der Waals surface area contributed by atoms with Gasteiger partial charge in [0.05, 0.1) is 13.2 Å². The number of likely N-dealkylation sites (N-methyl/N-ethyl adjacent to an activating group) is 1. The molecule has 3 aromatic rings. The predicted molar refractivity (Wildman–Crippen MR) is 120 cm³/mol. The zero-order valence-corrected chi connectivity index (χ0v) is 18.4. The molecule has 6 heteroatoms. The first kappa shape index (κ1) is 21.1. The maximum Gasteiger partial charge on any atom is 0.273 e. The van der Waals surface area contributed by atoms with Crippen LogP contribution in [0.15, 0.2) is 53.1 Å². The maximum atomic E-state index is 12.8. The Bertz CT molecular complexity index is 1060. The molecular weight excluding hydrogens is 390 g/mol. The van der Waals surface area contributed by atoms with E-state index in [1.807, 2.05) is 38.4 Å². The Labute approximate surface area is 183 Å². The molecule has 0 radical (unpaired) electrons. The second kappa shape index (κ2) is 9.35. The third-order valence-corrected chi connectivity index (χ3v) is 5.95. The second-order valence-electron chi connectivity index (χ2n) is 8.20. The Morgan fingerprint density at radius 2 is 1.90 bits per heavy atom. The van der Waals surface area contributed by atoms with Crippen LogP contribution in [0.3, 0.4) is 0 Å². The van der Waals surface area contributed by atoms with Gasteiger partial charge in [-0.2, -0.15) is 0 Å². The summed E-state index contributed by atoms with van der Waals surface area (Å²) in [7, 11) is 5.61. The quantitative estimate of drug-likeness (QED) is 0.620. The van der Waals surface area contributed by atoms with E-state index in [1.165, 1.54) is 24.0 Å². The summed E-state index contributed by atoms with van der Waals surface area (Å²) in [6.45, 7) is 0.424. The highest BCUT2D eigenvalue weighted by atomic mass is 16.5. The molecule has 0 bridgehead atoms. The van der Waals surface area contributed by atoms with E-state index in [0.717, 1.165) is 29.7 Å². The van der Waals surface area contributed by atoms with E-state index in [2.05, 4.69) is 33.6 Å². The number of fused-ring (bicyclic) bond motifs is 1. The molecule has 162 valence electrons. The molecule has 1 amide bonds. The average Bonchev–Trinajstić information content (AvgIpc) is 3.29. The van der Waals surface area contributed by atoms with Crippen molar-refractivity contribution in [1.82, 2.24) is 15.4 Å². The van der Waals surface area contributed by atoms with Crippen LogP contribution in [-0.2, 0) is 12.8 Å².